The third-order valence-electron chi connectivity index (χ3n) is 3.13. The van der Waals surface area contributed by atoms with E-state index in [9.17, 15) is 4.79 Å². The first-order chi connectivity index (χ1) is 10.4. The molecule has 0 fully saturated rings. The number of pyridine rings is 1. The lowest BCUT2D eigenvalue weighted by Crippen LogP contribution is -2.23. The van der Waals surface area contributed by atoms with Gasteiger partial charge in [0.1, 0.15) is 0 Å². The predicted octanol–water partition coefficient (Wildman–Crippen LogP) is 2.40. The second-order valence-corrected chi connectivity index (χ2v) is 6.21. The lowest BCUT2D eigenvalue weighted by atomic mass is 9.96. The Labute approximate surface area is 130 Å². The lowest BCUT2D eigenvalue weighted by Gasteiger charge is -2.10. The van der Waals surface area contributed by atoms with Crippen molar-refractivity contribution in [3.05, 3.63) is 41.8 Å². The first-order valence-corrected chi connectivity index (χ1v) is 7.45. The summed E-state index contributed by atoms with van der Waals surface area (Å²) in [6.07, 6.45) is 3.43. The molecule has 2 rings (SSSR count). The van der Waals surface area contributed by atoms with Crippen molar-refractivity contribution in [2.75, 3.05) is 0 Å². The first-order valence-electron chi connectivity index (χ1n) is 7.45. The fourth-order valence-corrected chi connectivity index (χ4v) is 1.84. The monoisotopic (exact) mass is 302 g/mol. The number of amides is 1. The van der Waals surface area contributed by atoms with Gasteiger partial charge in [0, 0.05) is 24.5 Å². The summed E-state index contributed by atoms with van der Waals surface area (Å²) in [5, 5.41) is 6.81. The van der Waals surface area contributed by atoms with Crippen molar-refractivity contribution in [3.8, 4) is 0 Å². The van der Waals surface area contributed by atoms with E-state index in [1.54, 1.807) is 6.20 Å². The van der Waals surface area contributed by atoms with E-state index in [2.05, 4.69) is 20.4 Å². The Morgan fingerprint density at radius 1 is 1.32 bits per heavy atom. The number of carbonyl (C=O) groups is 1. The number of hydrogen-bond donors (Lipinski definition) is 1. The molecule has 2 heterocycles. The van der Waals surface area contributed by atoms with Crippen molar-refractivity contribution >= 4 is 5.91 Å². The SMILES string of the molecule is CC(C)(C)c1noc(CCCC(=O)NCc2ccccn2)n1. The Balaban J connectivity index is 1.70. The molecule has 0 aliphatic carbocycles. The Kier molecular flexibility index (Phi) is 5.25. The minimum Gasteiger partial charge on any atom is -0.350 e. The van der Waals surface area contributed by atoms with Gasteiger partial charge in [-0.15, -0.1) is 0 Å². The van der Waals surface area contributed by atoms with Crippen molar-refractivity contribution in [1.29, 1.82) is 0 Å². The van der Waals surface area contributed by atoms with Crippen LogP contribution in [0, 0.1) is 0 Å². The fourth-order valence-electron chi connectivity index (χ4n) is 1.84. The Morgan fingerprint density at radius 2 is 2.14 bits per heavy atom. The summed E-state index contributed by atoms with van der Waals surface area (Å²) in [4.78, 5) is 20.3. The zero-order valence-electron chi connectivity index (χ0n) is 13.3. The van der Waals surface area contributed by atoms with Gasteiger partial charge < -0.3 is 9.84 Å². The second-order valence-electron chi connectivity index (χ2n) is 6.21. The molecular formula is C16H22N4O2. The van der Waals surface area contributed by atoms with E-state index in [4.69, 9.17) is 4.52 Å². The molecule has 118 valence electrons. The van der Waals surface area contributed by atoms with E-state index in [0.29, 0.717) is 37.5 Å². The maximum Gasteiger partial charge on any atom is 0.226 e. The van der Waals surface area contributed by atoms with Crippen LogP contribution in [0.3, 0.4) is 0 Å². The zero-order chi connectivity index (χ0) is 16.0. The summed E-state index contributed by atoms with van der Waals surface area (Å²) in [5.41, 5.74) is 0.726. The first kappa shape index (κ1) is 16.1. The van der Waals surface area contributed by atoms with Crippen LogP contribution in [0.2, 0.25) is 0 Å². The molecule has 0 radical (unpaired) electrons. The molecule has 22 heavy (non-hydrogen) atoms. The topological polar surface area (TPSA) is 80.9 Å². The number of hydrogen-bond acceptors (Lipinski definition) is 5. The highest BCUT2D eigenvalue weighted by atomic mass is 16.5. The molecule has 0 atom stereocenters. The van der Waals surface area contributed by atoms with E-state index in [1.807, 2.05) is 39.0 Å². The molecule has 2 aromatic heterocycles. The third-order valence-corrected chi connectivity index (χ3v) is 3.13. The number of aromatic nitrogens is 3. The molecule has 6 nitrogen and oxygen atoms in total. The summed E-state index contributed by atoms with van der Waals surface area (Å²) < 4.78 is 5.20. The molecule has 0 saturated carbocycles. The highest BCUT2D eigenvalue weighted by Crippen LogP contribution is 2.18. The molecule has 0 unspecified atom stereocenters. The molecular weight excluding hydrogens is 280 g/mol. The van der Waals surface area contributed by atoms with Crippen LogP contribution < -0.4 is 5.32 Å². The van der Waals surface area contributed by atoms with Crippen LogP contribution in [0.5, 0.6) is 0 Å². The molecule has 1 N–H and O–H groups in total. The maximum atomic E-state index is 11.8. The van der Waals surface area contributed by atoms with Crippen LogP contribution in [-0.4, -0.2) is 21.0 Å². The molecule has 0 aliphatic rings. The van der Waals surface area contributed by atoms with Gasteiger partial charge in [-0.05, 0) is 18.6 Å². The Bertz CT molecular complexity index is 602. The van der Waals surface area contributed by atoms with Gasteiger partial charge in [0.25, 0.3) is 0 Å². The summed E-state index contributed by atoms with van der Waals surface area (Å²) in [6.45, 7) is 6.56. The predicted molar refractivity (Wildman–Crippen MR) is 82.0 cm³/mol. The Hall–Kier alpha value is -2.24. The summed E-state index contributed by atoms with van der Waals surface area (Å²) in [6, 6.07) is 5.63. The van der Waals surface area contributed by atoms with Gasteiger partial charge in [-0.25, -0.2) is 0 Å². The van der Waals surface area contributed by atoms with Gasteiger partial charge in [-0.1, -0.05) is 32.0 Å². The molecule has 2 aromatic rings. The van der Waals surface area contributed by atoms with Crippen molar-refractivity contribution in [1.82, 2.24) is 20.4 Å². The summed E-state index contributed by atoms with van der Waals surface area (Å²) in [7, 11) is 0. The van der Waals surface area contributed by atoms with Gasteiger partial charge in [-0.3, -0.25) is 9.78 Å². The van der Waals surface area contributed by atoms with E-state index in [0.717, 1.165) is 5.69 Å². The zero-order valence-corrected chi connectivity index (χ0v) is 13.3. The van der Waals surface area contributed by atoms with Crippen LogP contribution in [0.15, 0.2) is 28.9 Å². The lowest BCUT2D eigenvalue weighted by molar-refractivity contribution is -0.121. The quantitative estimate of drug-likeness (QED) is 0.886. The number of rotatable bonds is 6. The largest absolute Gasteiger partial charge is 0.350 e. The highest BCUT2D eigenvalue weighted by molar-refractivity contribution is 5.75. The van der Waals surface area contributed by atoms with E-state index in [-0.39, 0.29) is 11.3 Å². The molecule has 6 heteroatoms. The van der Waals surface area contributed by atoms with E-state index >= 15 is 0 Å². The van der Waals surface area contributed by atoms with Gasteiger partial charge in [-0.2, -0.15) is 4.98 Å². The average molecular weight is 302 g/mol. The second kappa shape index (κ2) is 7.15. The number of carbonyl (C=O) groups excluding carboxylic acids is 1. The molecule has 0 spiro atoms. The fraction of sp³-hybridized carbons (Fsp3) is 0.500. The average Bonchev–Trinajstić information content (AvgIpc) is 2.95. The summed E-state index contributed by atoms with van der Waals surface area (Å²) in [5.74, 6) is 1.28. The Morgan fingerprint density at radius 3 is 2.77 bits per heavy atom. The van der Waals surface area contributed by atoms with Crippen molar-refractivity contribution < 1.29 is 9.32 Å². The standard InChI is InChI=1S/C16H22N4O2/c1-16(2,3)15-19-14(22-20-15)9-6-8-13(21)18-11-12-7-4-5-10-17-12/h4-5,7,10H,6,8-9,11H2,1-3H3,(H,18,21). The molecule has 0 aliphatic heterocycles. The van der Waals surface area contributed by atoms with E-state index < -0.39 is 0 Å². The van der Waals surface area contributed by atoms with Crippen molar-refractivity contribution in [3.63, 3.8) is 0 Å². The molecule has 0 saturated heterocycles. The highest BCUT2D eigenvalue weighted by Gasteiger charge is 2.20. The summed E-state index contributed by atoms with van der Waals surface area (Å²) >= 11 is 0. The maximum absolute atomic E-state index is 11.8. The molecule has 0 aromatic carbocycles. The molecule has 1 amide bonds. The van der Waals surface area contributed by atoms with Crippen LogP contribution in [-0.2, 0) is 23.2 Å². The van der Waals surface area contributed by atoms with Crippen LogP contribution >= 0.6 is 0 Å². The number of aryl methyl sites for hydroxylation is 1. The van der Waals surface area contributed by atoms with Gasteiger partial charge >= 0.3 is 0 Å². The normalized spacial score (nSPS) is 11.4. The van der Waals surface area contributed by atoms with Crippen LogP contribution in [0.4, 0.5) is 0 Å². The van der Waals surface area contributed by atoms with Crippen molar-refractivity contribution in [2.24, 2.45) is 0 Å². The minimum atomic E-state index is -0.123. The van der Waals surface area contributed by atoms with E-state index in [1.165, 1.54) is 0 Å². The number of nitrogens with zero attached hydrogens (tertiary/aromatic N) is 3. The van der Waals surface area contributed by atoms with Gasteiger partial charge in [0.05, 0.1) is 12.2 Å². The number of nitrogens with one attached hydrogen (secondary N) is 1. The van der Waals surface area contributed by atoms with Gasteiger partial charge in [0.2, 0.25) is 11.8 Å². The van der Waals surface area contributed by atoms with Gasteiger partial charge in [0.15, 0.2) is 5.82 Å². The van der Waals surface area contributed by atoms with Crippen molar-refractivity contribution in [2.45, 2.75) is 52.0 Å². The minimum absolute atomic E-state index is 0.00112. The molecule has 0 bridgehead atoms. The third kappa shape index (κ3) is 4.95. The van der Waals surface area contributed by atoms with Crippen LogP contribution in [0.1, 0.15) is 51.0 Å². The van der Waals surface area contributed by atoms with Crippen LogP contribution in [0.25, 0.3) is 0 Å². The smallest absolute Gasteiger partial charge is 0.226 e.